The van der Waals surface area contributed by atoms with Crippen molar-refractivity contribution in [2.75, 3.05) is 13.7 Å². The zero-order valence-electron chi connectivity index (χ0n) is 12.9. The van der Waals surface area contributed by atoms with E-state index in [4.69, 9.17) is 17.0 Å². The molecule has 1 amide bonds. The molecular formula is C17H14N2O2S3. The van der Waals surface area contributed by atoms with Crippen LogP contribution in [0.3, 0.4) is 0 Å². The van der Waals surface area contributed by atoms with Crippen LogP contribution in [0.15, 0.2) is 47.2 Å². The zero-order chi connectivity index (χ0) is 17.1. The molecule has 0 aliphatic carbocycles. The second kappa shape index (κ2) is 7.29. The third kappa shape index (κ3) is 3.43. The van der Waals surface area contributed by atoms with Crippen LogP contribution in [0.4, 0.5) is 0 Å². The van der Waals surface area contributed by atoms with Crippen molar-refractivity contribution < 1.29 is 9.53 Å². The van der Waals surface area contributed by atoms with Crippen molar-refractivity contribution >= 4 is 51.6 Å². The molecule has 1 saturated heterocycles. The molecule has 0 radical (unpaired) electrons. The summed E-state index contributed by atoms with van der Waals surface area (Å²) in [6.07, 6.45) is 3.44. The molecule has 1 aromatic carbocycles. The lowest BCUT2D eigenvalue weighted by atomic mass is 10.2. The number of thiazole rings is 1. The number of nitrogens with zero attached hydrogens (tertiary/aromatic N) is 2. The predicted octanol–water partition coefficient (Wildman–Crippen LogP) is 4.21. The summed E-state index contributed by atoms with van der Waals surface area (Å²) in [7, 11) is 1.64. The molecule has 1 aromatic heterocycles. The number of hydrogen-bond donors (Lipinski definition) is 0. The van der Waals surface area contributed by atoms with Gasteiger partial charge in [0, 0.05) is 17.5 Å². The molecule has 4 nitrogen and oxygen atoms in total. The van der Waals surface area contributed by atoms with Crippen LogP contribution < -0.4 is 4.74 Å². The molecule has 3 rings (SSSR count). The maximum atomic E-state index is 12.3. The molecule has 2 aromatic rings. The number of hydrogen-bond acceptors (Lipinski definition) is 6. The molecular weight excluding hydrogens is 360 g/mol. The van der Waals surface area contributed by atoms with Crippen molar-refractivity contribution in [2.45, 2.75) is 0 Å². The Bertz CT molecular complexity index is 842. The second-order valence-corrected chi connectivity index (χ2v) is 7.42. The van der Waals surface area contributed by atoms with Gasteiger partial charge in [-0.05, 0) is 18.2 Å². The Hall–Kier alpha value is -1.96. The number of thioether (sulfide) groups is 1. The minimum Gasteiger partial charge on any atom is -0.497 e. The zero-order valence-corrected chi connectivity index (χ0v) is 15.3. The Morgan fingerprint density at radius 1 is 1.46 bits per heavy atom. The summed E-state index contributed by atoms with van der Waals surface area (Å²) in [5.41, 5.74) is 1.73. The number of carbonyl (C=O) groups excluding carboxylic acids is 1. The quantitative estimate of drug-likeness (QED) is 0.446. The first-order chi connectivity index (χ1) is 11.6. The van der Waals surface area contributed by atoms with Gasteiger partial charge in [-0.1, -0.05) is 42.2 Å². The van der Waals surface area contributed by atoms with Crippen LogP contribution in [0.2, 0.25) is 0 Å². The first-order valence-electron chi connectivity index (χ1n) is 7.08. The second-order valence-electron chi connectivity index (χ2n) is 4.89. The lowest BCUT2D eigenvalue weighted by molar-refractivity contribution is -0.121. The van der Waals surface area contributed by atoms with Crippen LogP contribution in [0.5, 0.6) is 5.75 Å². The number of methoxy groups -OCH3 is 1. The number of benzene rings is 1. The molecule has 0 unspecified atom stereocenters. The highest BCUT2D eigenvalue weighted by molar-refractivity contribution is 8.26. The minimum absolute atomic E-state index is 0.0965. The lowest BCUT2D eigenvalue weighted by Crippen LogP contribution is -2.27. The number of ether oxygens (including phenoxy) is 1. The fourth-order valence-corrected chi connectivity index (χ4v) is 4.20. The standard InChI is InChI=1S/C17H14N2O2S3/c1-3-7-19-16(20)14(24-17(19)22)9-12-10-23-15(18-12)11-5-4-6-13(8-11)21-2/h3-6,8-10H,1,7H2,2H3/b14-9+. The summed E-state index contributed by atoms with van der Waals surface area (Å²) < 4.78 is 5.79. The topological polar surface area (TPSA) is 42.4 Å². The van der Waals surface area contributed by atoms with Crippen LogP contribution >= 0.6 is 35.3 Å². The van der Waals surface area contributed by atoms with Gasteiger partial charge in [-0.3, -0.25) is 9.69 Å². The highest BCUT2D eigenvalue weighted by Crippen LogP contribution is 2.33. The molecule has 0 spiro atoms. The van der Waals surface area contributed by atoms with E-state index in [0.29, 0.717) is 15.8 Å². The largest absolute Gasteiger partial charge is 0.497 e. The molecule has 122 valence electrons. The Balaban J connectivity index is 1.85. The molecule has 24 heavy (non-hydrogen) atoms. The fraction of sp³-hybridized carbons (Fsp3) is 0.118. The summed E-state index contributed by atoms with van der Waals surface area (Å²) in [5, 5.41) is 2.80. The van der Waals surface area contributed by atoms with Crippen molar-refractivity contribution in [3.05, 3.63) is 52.9 Å². The van der Waals surface area contributed by atoms with Crippen molar-refractivity contribution in [3.8, 4) is 16.3 Å². The van der Waals surface area contributed by atoms with Crippen molar-refractivity contribution in [1.29, 1.82) is 0 Å². The summed E-state index contributed by atoms with van der Waals surface area (Å²) in [4.78, 5) is 19.0. The van der Waals surface area contributed by atoms with E-state index in [0.717, 1.165) is 22.0 Å². The van der Waals surface area contributed by atoms with Crippen molar-refractivity contribution in [1.82, 2.24) is 9.88 Å². The van der Waals surface area contributed by atoms with Gasteiger partial charge < -0.3 is 4.74 Å². The fourth-order valence-electron chi connectivity index (χ4n) is 2.16. The van der Waals surface area contributed by atoms with Gasteiger partial charge in [-0.15, -0.1) is 17.9 Å². The Labute approximate surface area is 153 Å². The van der Waals surface area contributed by atoms with Crippen molar-refractivity contribution in [3.63, 3.8) is 0 Å². The van der Waals surface area contributed by atoms with E-state index in [1.165, 1.54) is 28.0 Å². The van der Waals surface area contributed by atoms with Crippen LogP contribution in [0.1, 0.15) is 5.69 Å². The number of carbonyl (C=O) groups is 1. The third-order valence-electron chi connectivity index (χ3n) is 3.30. The summed E-state index contributed by atoms with van der Waals surface area (Å²) in [6, 6.07) is 7.74. The first kappa shape index (κ1) is 16.9. The Kier molecular flexibility index (Phi) is 5.13. The smallest absolute Gasteiger partial charge is 0.266 e. The molecule has 1 aliphatic rings. The maximum Gasteiger partial charge on any atom is 0.266 e. The summed E-state index contributed by atoms with van der Waals surface area (Å²) >= 11 is 8.05. The van der Waals surface area contributed by atoms with Crippen LogP contribution in [-0.2, 0) is 4.79 Å². The average Bonchev–Trinajstić information content (AvgIpc) is 3.16. The van der Waals surface area contributed by atoms with Gasteiger partial charge in [0.2, 0.25) is 0 Å². The van der Waals surface area contributed by atoms with E-state index in [9.17, 15) is 4.79 Å². The Morgan fingerprint density at radius 3 is 3.04 bits per heavy atom. The molecule has 0 saturated carbocycles. The molecule has 7 heteroatoms. The van der Waals surface area contributed by atoms with Crippen LogP contribution in [0, 0.1) is 0 Å². The van der Waals surface area contributed by atoms with Gasteiger partial charge in [0.15, 0.2) is 0 Å². The summed E-state index contributed by atoms with van der Waals surface area (Å²) in [5.74, 6) is 0.690. The van der Waals surface area contributed by atoms with Gasteiger partial charge in [0.1, 0.15) is 15.1 Å². The van der Waals surface area contributed by atoms with Gasteiger partial charge in [-0.25, -0.2) is 4.98 Å². The van der Waals surface area contributed by atoms with E-state index in [1.54, 1.807) is 19.3 Å². The number of thiocarbonyl (C=S) groups is 1. The maximum absolute atomic E-state index is 12.3. The molecule has 2 heterocycles. The monoisotopic (exact) mass is 374 g/mol. The number of rotatable bonds is 5. The molecule has 1 fully saturated rings. The first-order valence-corrected chi connectivity index (χ1v) is 9.19. The van der Waals surface area contributed by atoms with Gasteiger partial charge >= 0.3 is 0 Å². The van der Waals surface area contributed by atoms with E-state index < -0.39 is 0 Å². The van der Waals surface area contributed by atoms with Gasteiger partial charge in [0.25, 0.3) is 5.91 Å². The normalized spacial score (nSPS) is 16.0. The van der Waals surface area contributed by atoms with E-state index in [2.05, 4.69) is 11.6 Å². The summed E-state index contributed by atoms with van der Waals surface area (Å²) in [6.45, 7) is 4.07. The third-order valence-corrected chi connectivity index (χ3v) is 5.59. The molecule has 0 atom stereocenters. The van der Waals surface area contributed by atoms with Gasteiger partial charge in [-0.2, -0.15) is 0 Å². The van der Waals surface area contributed by atoms with Crippen LogP contribution in [0.25, 0.3) is 16.6 Å². The van der Waals surface area contributed by atoms with E-state index in [1.807, 2.05) is 29.6 Å². The van der Waals surface area contributed by atoms with E-state index >= 15 is 0 Å². The minimum atomic E-state index is -0.0965. The average molecular weight is 375 g/mol. The SMILES string of the molecule is C=CCN1C(=O)/C(=C\c2csc(-c3cccc(OC)c3)n2)SC1=S. The number of aromatic nitrogens is 1. The molecule has 0 bridgehead atoms. The van der Waals surface area contributed by atoms with Gasteiger partial charge in [0.05, 0.1) is 17.7 Å². The molecule has 1 aliphatic heterocycles. The number of amides is 1. The predicted molar refractivity (Wildman–Crippen MR) is 104 cm³/mol. The highest BCUT2D eigenvalue weighted by Gasteiger charge is 2.31. The lowest BCUT2D eigenvalue weighted by Gasteiger charge is -2.10. The highest BCUT2D eigenvalue weighted by atomic mass is 32.2. The van der Waals surface area contributed by atoms with Crippen molar-refractivity contribution in [2.24, 2.45) is 0 Å². The Morgan fingerprint density at radius 2 is 2.29 bits per heavy atom. The molecule has 0 N–H and O–H groups in total. The van der Waals surface area contributed by atoms with E-state index in [-0.39, 0.29) is 5.91 Å². The van der Waals surface area contributed by atoms with Crippen LogP contribution in [-0.4, -0.2) is 33.8 Å².